The van der Waals surface area contributed by atoms with Gasteiger partial charge in [0.05, 0.1) is 23.4 Å². The second-order valence-electron chi connectivity index (χ2n) is 11.5. The molecule has 0 bridgehead atoms. The molecule has 0 aliphatic carbocycles. The summed E-state index contributed by atoms with van der Waals surface area (Å²) in [5, 5.41) is 33.0. The molecule has 234 valence electrons. The number of aromatic hydroxyl groups is 1. The molecule has 9 nitrogen and oxygen atoms in total. The van der Waals surface area contributed by atoms with Crippen molar-refractivity contribution in [3.63, 3.8) is 0 Å². The van der Waals surface area contributed by atoms with E-state index < -0.39 is 6.10 Å². The molecule has 4 N–H and O–H groups in total. The molecule has 5 rings (SSSR count). The fourth-order valence-electron chi connectivity index (χ4n) is 5.96. The predicted molar refractivity (Wildman–Crippen MR) is 173 cm³/mol. The van der Waals surface area contributed by atoms with Gasteiger partial charge < -0.3 is 25.6 Å². The Bertz CT molecular complexity index is 1560. The van der Waals surface area contributed by atoms with Gasteiger partial charge in [0.15, 0.2) is 5.65 Å². The predicted octanol–water partition coefficient (Wildman–Crippen LogP) is 5.86. The molecule has 3 heterocycles. The van der Waals surface area contributed by atoms with Crippen LogP contribution in [0.1, 0.15) is 90.9 Å². The van der Waals surface area contributed by atoms with Crippen LogP contribution in [-0.4, -0.2) is 50.1 Å². The van der Waals surface area contributed by atoms with E-state index in [2.05, 4.69) is 29.6 Å². The number of aromatic nitrogens is 3. The van der Waals surface area contributed by atoms with E-state index in [4.69, 9.17) is 9.72 Å². The molecule has 1 aliphatic heterocycles. The number of ether oxygens (including phenoxy) is 1. The Kier molecular flexibility index (Phi) is 10.5. The lowest BCUT2D eigenvalue weighted by molar-refractivity contribution is 0.0904. The smallest absolute Gasteiger partial charge is 0.251 e. The van der Waals surface area contributed by atoms with Gasteiger partial charge in [0.2, 0.25) is 0 Å². The zero-order chi connectivity index (χ0) is 31.1. The average Bonchev–Trinajstić information content (AvgIpc) is 3.47. The summed E-state index contributed by atoms with van der Waals surface area (Å²) < 4.78 is 7.50. The number of nitrogens with zero attached hydrogens (tertiary/aromatic N) is 3. The molecular weight excluding hydrogens is 554 g/mol. The van der Waals surface area contributed by atoms with Crippen molar-refractivity contribution >= 4 is 22.6 Å². The fraction of sp³-hybridized carbons (Fsp3) is 0.457. The van der Waals surface area contributed by atoms with Gasteiger partial charge in [0.1, 0.15) is 5.75 Å². The van der Waals surface area contributed by atoms with Gasteiger partial charge in [-0.2, -0.15) is 5.10 Å². The lowest BCUT2D eigenvalue weighted by atomic mass is 9.98. The monoisotopic (exact) mass is 599 g/mol. The molecule has 1 amide bonds. The Hall–Kier alpha value is -3.95. The minimum atomic E-state index is -0.574. The van der Waals surface area contributed by atoms with Crippen molar-refractivity contribution in [1.29, 1.82) is 0 Å². The van der Waals surface area contributed by atoms with Gasteiger partial charge in [-0.05, 0) is 92.8 Å². The van der Waals surface area contributed by atoms with E-state index in [-0.39, 0.29) is 11.7 Å². The van der Waals surface area contributed by atoms with Crippen LogP contribution in [0.2, 0.25) is 0 Å². The van der Waals surface area contributed by atoms with Gasteiger partial charge >= 0.3 is 0 Å². The van der Waals surface area contributed by atoms with Crippen molar-refractivity contribution in [2.45, 2.75) is 91.0 Å². The van der Waals surface area contributed by atoms with Crippen molar-refractivity contribution in [2.75, 3.05) is 18.5 Å². The molecule has 0 saturated carbocycles. The van der Waals surface area contributed by atoms with Crippen LogP contribution >= 0.6 is 0 Å². The van der Waals surface area contributed by atoms with Crippen LogP contribution in [0.4, 0.5) is 5.69 Å². The number of phenols is 1. The third-order valence-electron chi connectivity index (χ3n) is 8.63. The minimum absolute atomic E-state index is 0.130. The summed E-state index contributed by atoms with van der Waals surface area (Å²) in [5.74, 6) is 0.140. The van der Waals surface area contributed by atoms with E-state index in [0.717, 1.165) is 103 Å². The van der Waals surface area contributed by atoms with Gasteiger partial charge in [-0.1, -0.05) is 32.0 Å². The largest absolute Gasteiger partial charge is 0.508 e. The van der Waals surface area contributed by atoms with Crippen LogP contribution in [0.3, 0.4) is 0 Å². The number of pyridine rings is 1. The van der Waals surface area contributed by atoms with Crippen molar-refractivity contribution < 1.29 is 19.7 Å². The van der Waals surface area contributed by atoms with Crippen LogP contribution < -0.4 is 10.6 Å². The van der Waals surface area contributed by atoms with Crippen LogP contribution in [0, 0.1) is 0 Å². The average molecular weight is 600 g/mol. The molecule has 9 heteroatoms. The highest BCUT2D eigenvalue weighted by molar-refractivity contribution is 5.95. The normalized spacial score (nSPS) is 14.5. The first-order chi connectivity index (χ1) is 21.4. The number of carbonyl (C=O) groups is 1. The Morgan fingerprint density at radius 1 is 1.09 bits per heavy atom. The molecule has 1 aliphatic rings. The van der Waals surface area contributed by atoms with Crippen LogP contribution in [0.25, 0.3) is 11.0 Å². The van der Waals surface area contributed by atoms with Crippen molar-refractivity contribution in [3.05, 3.63) is 82.2 Å². The number of aliphatic hydroxyl groups excluding tert-OH is 1. The summed E-state index contributed by atoms with van der Waals surface area (Å²) in [6, 6.07) is 13.3. The number of amides is 1. The highest BCUT2D eigenvalue weighted by atomic mass is 16.5. The maximum atomic E-state index is 13.2. The van der Waals surface area contributed by atoms with Crippen LogP contribution in [0.5, 0.6) is 5.75 Å². The lowest BCUT2D eigenvalue weighted by Crippen LogP contribution is -2.30. The molecular formula is C35H45N5O4. The number of nitrogens with one attached hydrogen (secondary N) is 2. The standard InChI is InChI=1S/C35H45N5O4/c1-4-24-20-26(14-15-32(24)42)31(41)9-7-8-23-10-12-25(13-11-23)35(43)36-21-28-30(5-2)39-34-29(22-37-40(34)6-3)33(28)38-27-16-18-44-19-17-27/h10-15,20,22,27,31,41-42H,4-9,16-19,21H2,1-3H3,(H,36,43)(H,38,39)/t31-/m0/s1. The number of aliphatic hydroxyl groups is 1. The fourth-order valence-corrected chi connectivity index (χ4v) is 5.96. The van der Waals surface area contributed by atoms with Crippen molar-refractivity contribution in [1.82, 2.24) is 20.1 Å². The summed E-state index contributed by atoms with van der Waals surface area (Å²) >= 11 is 0. The van der Waals surface area contributed by atoms with Gasteiger partial charge in [-0.15, -0.1) is 0 Å². The van der Waals surface area contributed by atoms with Gasteiger partial charge in [-0.3, -0.25) is 4.79 Å². The maximum Gasteiger partial charge on any atom is 0.251 e. The highest BCUT2D eigenvalue weighted by Gasteiger charge is 2.22. The first kappa shape index (κ1) is 31.5. The third-order valence-corrected chi connectivity index (χ3v) is 8.63. The molecule has 1 fully saturated rings. The maximum absolute atomic E-state index is 13.2. The van der Waals surface area contributed by atoms with E-state index in [1.165, 1.54) is 0 Å². The second kappa shape index (κ2) is 14.7. The highest BCUT2D eigenvalue weighted by Crippen LogP contribution is 2.31. The van der Waals surface area contributed by atoms with E-state index in [1.54, 1.807) is 12.1 Å². The molecule has 2 aromatic carbocycles. The summed E-state index contributed by atoms with van der Waals surface area (Å²) in [6.07, 6.45) is 6.86. The second-order valence-corrected chi connectivity index (χ2v) is 11.5. The van der Waals surface area contributed by atoms with Crippen LogP contribution in [0.15, 0.2) is 48.7 Å². The molecule has 0 spiro atoms. The number of rotatable bonds is 13. The molecule has 0 radical (unpaired) electrons. The van der Waals surface area contributed by atoms with Crippen molar-refractivity contribution in [2.24, 2.45) is 0 Å². The molecule has 4 aromatic rings. The Morgan fingerprint density at radius 2 is 1.86 bits per heavy atom. The Balaban J connectivity index is 1.23. The number of phenolic OH excluding ortho intramolecular Hbond substituents is 1. The Labute approximate surface area is 259 Å². The summed E-state index contributed by atoms with van der Waals surface area (Å²) in [5.41, 5.74) is 7.24. The SMILES string of the molecule is CCc1cc([C@@H](O)CCCc2ccc(C(=O)NCc3c(CC)nc4c(cnn4CC)c3NC3CCOCC3)cc2)ccc1O. The molecule has 44 heavy (non-hydrogen) atoms. The zero-order valence-corrected chi connectivity index (χ0v) is 26.1. The van der Waals surface area contributed by atoms with E-state index in [9.17, 15) is 15.0 Å². The first-order valence-electron chi connectivity index (χ1n) is 16.0. The van der Waals surface area contributed by atoms with Crippen molar-refractivity contribution in [3.8, 4) is 5.75 Å². The summed E-state index contributed by atoms with van der Waals surface area (Å²) in [7, 11) is 0. The molecule has 2 aromatic heterocycles. The molecule has 1 atom stereocenters. The van der Waals surface area contributed by atoms with Gasteiger partial charge in [0.25, 0.3) is 5.91 Å². The molecule has 1 saturated heterocycles. The lowest BCUT2D eigenvalue weighted by Gasteiger charge is -2.26. The Morgan fingerprint density at radius 3 is 2.57 bits per heavy atom. The van der Waals surface area contributed by atoms with E-state index in [1.807, 2.05) is 48.1 Å². The number of anilines is 1. The van der Waals surface area contributed by atoms with Crippen LogP contribution in [-0.2, 0) is 37.1 Å². The summed E-state index contributed by atoms with van der Waals surface area (Å²) in [4.78, 5) is 18.2. The molecule has 0 unspecified atom stereocenters. The quantitative estimate of drug-likeness (QED) is 0.152. The third kappa shape index (κ3) is 7.22. The number of carbonyl (C=O) groups excluding carboxylic acids is 1. The number of fused-ring (bicyclic) bond motifs is 1. The minimum Gasteiger partial charge on any atom is -0.508 e. The zero-order valence-electron chi connectivity index (χ0n) is 26.1. The number of aryl methyl sites for hydroxylation is 4. The topological polar surface area (TPSA) is 122 Å². The van der Waals surface area contributed by atoms with E-state index in [0.29, 0.717) is 24.6 Å². The first-order valence-corrected chi connectivity index (χ1v) is 16.0. The summed E-state index contributed by atoms with van der Waals surface area (Å²) in [6.45, 7) is 8.72. The van der Waals surface area contributed by atoms with Gasteiger partial charge in [-0.25, -0.2) is 9.67 Å². The van der Waals surface area contributed by atoms with Gasteiger partial charge in [0, 0.05) is 49.2 Å². The number of benzene rings is 2. The van der Waals surface area contributed by atoms with E-state index >= 15 is 0 Å². The number of hydrogen-bond acceptors (Lipinski definition) is 7. The number of hydrogen-bond donors (Lipinski definition) is 4.